The molecule has 2 aliphatic rings. The predicted molar refractivity (Wildman–Crippen MR) is 144 cm³/mol. The zero-order valence-electron chi connectivity index (χ0n) is 23.5. The molecule has 3 rings (SSSR count). The second-order valence-corrected chi connectivity index (χ2v) is 11.6. The maximum Gasteiger partial charge on any atom is 0.490 e. The Hall–Kier alpha value is -2.60. The maximum atomic E-state index is 13.3. The van der Waals surface area contributed by atoms with Gasteiger partial charge in [0.05, 0.1) is 18.9 Å². The molecule has 0 aliphatic carbocycles. The number of carboxylic acid groups (broad SMARTS) is 1. The molecule has 224 valence electrons. The van der Waals surface area contributed by atoms with E-state index < -0.39 is 41.5 Å². The normalized spacial score (nSPS) is 24.1. The number of benzene rings is 1. The number of carbonyl (C=O) groups excluding carboxylic acids is 3. The highest BCUT2D eigenvalue weighted by molar-refractivity contribution is 7.99. The lowest BCUT2D eigenvalue weighted by atomic mass is 9.75. The van der Waals surface area contributed by atoms with Gasteiger partial charge in [-0.05, 0) is 49.1 Å². The molecule has 0 radical (unpaired) electrons. The fraction of sp³-hybridized carbons (Fsp3) is 0.643. The number of alkyl halides is 3. The van der Waals surface area contributed by atoms with Crippen LogP contribution in [0.25, 0.3) is 0 Å². The number of fused-ring (bicyclic) bond motifs is 1. The lowest BCUT2D eigenvalue weighted by Crippen LogP contribution is -2.57. The molecule has 2 aliphatic heterocycles. The second kappa shape index (κ2) is 14.3. The van der Waals surface area contributed by atoms with Gasteiger partial charge in [-0.3, -0.25) is 24.6 Å². The summed E-state index contributed by atoms with van der Waals surface area (Å²) in [7, 11) is 1.35. The van der Waals surface area contributed by atoms with E-state index >= 15 is 0 Å². The van der Waals surface area contributed by atoms with Gasteiger partial charge in [0.15, 0.2) is 0 Å². The lowest BCUT2D eigenvalue weighted by Gasteiger charge is -2.33. The Balaban J connectivity index is 0.000000708. The molecule has 2 N–H and O–H groups in total. The Morgan fingerprint density at radius 1 is 1.10 bits per heavy atom. The predicted octanol–water partition coefficient (Wildman–Crippen LogP) is 5.22. The van der Waals surface area contributed by atoms with E-state index in [1.807, 2.05) is 37.7 Å². The molecular weight excluding hydrogens is 549 g/mol. The molecule has 4 atom stereocenters. The molecule has 2 fully saturated rings. The monoisotopic (exact) mass is 588 g/mol. The van der Waals surface area contributed by atoms with E-state index in [0.717, 1.165) is 11.3 Å². The molecule has 2 heterocycles. The van der Waals surface area contributed by atoms with Gasteiger partial charge in [-0.15, -0.1) is 11.8 Å². The number of likely N-dealkylation sites (tertiary alicyclic amines) is 1. The Labute approximate surface area is 237 Å². The summed E-state index contributed by atoms with van der Waals surface area (Å²) in [5.74, 6) is -3.83. The first-order valence-electron chi connectivity index (χ1n) is 13.5. The van der Waals surface area contributed by atoms with Crippen LogP contribution in [-0.4, -0.2) is 64.9 Å². The van der Waals surface area contributed by atoms with Crippen molar-refractivity contribution in [1.82, 2.24) is 10.2 Å². The van der Waals surface area contributed by atoms with E-state index in [-0.39, 0.29) is 17.7 Å². The van der Waals surface area contributed by atoms with Crippen LogP contribution < -0.4 is 5.32 Å². The van der Waals surface area contributed by atoms with Gasteiger partial charge in [0, 0.05) is 17.5 Å². The van der Waals surface area contributed by atoms with Gasteiger partial charge in [-0.2, -0.15) is 13.2 Å². The molecule has 0 spiro atoms. The number of nitrogens with one attached hydrogen (secondary N) is 1. The van der Waals surface area contributed by atoms with E-state index in [9.17, 15) is 27.6 Å². The summed E-state index contributed by atoms with van der Waals surface area (Å²) in [6.07, 6.45) is 0.312. The number of thioether (sulfide) groups is 1. The molecule has 2 saturated heterocycles. The van der Waals surface area contributed by atoms with Crippen LogP contribution in [-0.2, 0) is 23.9 Å². The van der Waals surface area contributed by atoms with Crippen molar-refractivity contribution in [1.29, 1.82) is 0 Å². The highest BCUT2D eigenvalue weighted by Gasteiger charge is 2.68. The zero-order valence-corrected chi connectivity index (χ0v) is 24.4. The van der Waals surface area contributed by atoms with Gasteiger partial charge in [-0.25, -0.2) is 4.79 Å². The van der Waals surface area contributed by atoms with Crippen LogP contribution in [0.4, 0.5) is 13.2 Å². The number of ether oxygens (including phenoxy) is 1. The molecule has 0 saturated carbocycles. The number of unbranched alkanes of at least 4 members (excludes halogenated alkanes) is 3. The van der Waals surface area contributed by atoms with Crippen molar-refractivity contribution < 1.29 is 42.2 Å². The molecule has 0 aromatic heterocycles. The van der Waals surface area contributed by atoms with E-state index in [4.69, 9.17) is 14.6 Å². The third-order valence-corrected chi connectivity index (χ3v) is 8.19. The minimum atomic E-state index is -5.08. The van der Waals surface area contributed by atoms with Gasteiger partial charge < -0.3 is 9.84 Å². The first-order chi connectivity index (χ1) is 18.7. The highest BCUT2D eigenvalue weighted by Crippen LogP contribution is 2.51. The van der Waals surface area contributed by atoms with E-state index in [0.29, 0.717) is 13.0 Å². The van der Waals surface area contributed by atoms with E-state index in [1.165, 1.54) is 42.6 Å². The molecule has 3 unspecified atom stereocenters. The third kappa shape index (κ3) is 7.57. The largest absolute Gasteiger partial charge is 0.490 e. The fourth-order valence-electron chi connectivity index (χ4n) is 5.44. The number of hydrogen-bond donors (Lipinski definition) is 2. The topological polar surface area (TPSA) is 113 Å². The molecule has 0 bridgehead atoms. The number of nitrogens with zero attached hydrogens (tertiary/aromatic N) is 1. The van der Waals surface area contributed by atoms with Gasteiger partial charge >= 0.3 is 18.1 Å². The number of halogens is 3. The van der Waals surface area contributed by atoms with Gasteiger partial charge in [-0.1, -0.05) is 52.2 Å². The summed E-state index contributed by atoms with van der Waals surface area (Å²) in [4.78, 5) is 51.1. The molecule has 2 amide bonds. The third-order valence-electron chi connectivity index (χ3n) is 7.09. The summed E-state index contributed by atoms with van der Waals surface area (Å²) >= 11 is 1.84. The summed E-state index contributed by atoms with van der Waals surface area (Å²) in [6.45, 7) is 8.35. The molecule has 12 heteroatoms. The number of esters is 1. The smallest absolute Gasteiger partial charge is 0.475 e. The number of hydrogen-bond acceptors (Lipinski definition) is 7. The van der Waals surface area contributed by atoms with Crippen LogP contribution in [0.2, 0.25) is 0 Å². The molecule has 8 nitrogen and oxygen atoms in total. The fourth-order valence-corrected chi connectivity index (χ4v) is 6.35. The summed E-state index contributed by atoms with van der Waals surface area (Å²) in [5, 5.41) is 10.6. The summed E-state index contributed by atoms with van der Waals surface area (Å²) < 4.78 is 36.9. The van der Waals surface area contributed by atoms with Crippen molar-refractivity contribution >= 4 is 35.5 Å². The van der Waals surface area contributed by atoms with Crippen molar-refractivity contribution in [3.63, 3.8) is 0 Å². The Kier molecular flexibility index (Phi) is 12.0. The quantitative estimate of drug-likeness (QED) is 0.157. The molecule has 1 aromatic carbocycles. The number of carbonyl (C=O) groups is 4. The maximum absolute atomic E-state index is 13.3. The molecular formula is C28H39F3N2O6S. The first-order valence-corrected chi connectivity index (χ1v) is 14.5. The number of imide groups is 1. The lowest BCUT2D eigenvalue weighted by molar-refractivity contribution is -0.192. The van der Waals surface area contributed by atoms with Crippen LogP contribution in [0.5, 0.6) is 0 Å². The molecule has 1 aromatic rings. The Bertz CT molecular complexity index is 1050. The number of carboxylic acids is 1. The standard InChI is InChI=1S/C26H38N2O4S.C2HF3O2/c1-6-8-9-10-15-33-19-13-11-18(12-14-19)22-20-21(24(30)28(7-2)23(20)29)26(27-22,16-17(3)4)25(31)32-5;3-2(4,5)1(6)7/h11-14,17,20-22,27H,6-10,15-16H2,1-5H3;(H,6,7)/t20?,21?,22?,26-;/m1./s1. The summed E-state index contributed by atoms with van der Waals surface area (Å²) in [5.41, 5.74) is -0.282. The van der Waals surface area contributed by atoms with Gasteiger partial charge in [0.25, 0.3) is 0 Å². The average molecular weight is 589 g/mol. The first kappa shape index (κ1) is 33.6. The number of rotatable bonds is 11. The highest BCUT2D eigenvalue weighted by atomic mass is 32.2. The van der Waals surface area contributed by atoms with Gasteiger partial charge in [0.2, 0.25) is 11.8 Å². The summed E-state index contributed by atoms with van der Waals surface area (Å²) in [6, 6.07) is 7.80. The van der Waals surface area contributed by atoms with E-state index in [1.54, 1.807) is 6.92 Å². The second-order valence-electron chi connectivity index (χ2n) is 10.4. The number of amides is 2. The van der Waals surface area contributed by atoms with Crippen LogP contribution in [0.3, 0.4) is 0 Å². The van der Waals surface area contributed by atoms with E-state index in [2.05, 4.69) is 24.4 Å². The minimum Gasteiger partial charge on any atom is -0.475 e. The van der Waals surface area contributed by atoms with Crippen molar-refractivity contribution in [2.24, 2.45) is 17.8 Å². The van der Waals surface area contributed by atoms with Crippen molar-refractivity contribution in [2.75, 3.05) is 19.4 Å². The minimum absolute atomic E-state index is 0.140. The Morgan fingerprint density at radius 2 is 1.70 bits per heavy atom. The van der Waals surface area contributed by atoms with Crippen molar-refractivity contribution in [3.05, 3.63) is 29.8 Å². The van der Waals surface area contributed by atoms with Crippen LogP contribution in [0.15, 0.2) is 29.2 Å². The van der Waals surface area contributed by atoms with Gasteiger partial charge in [0.1, 0.15) is 5.54 Å². The SMILES string of the molecule is CCCCCCSc1ccc(C2N[C@@](CC(C)C)(C(=O)OC)C3C(=O)N(CC)C(=O)C23)cc1.O=C(O)C(F)(F)F. The van der Waals surface area contributed by atoms with Crippen molar-refractivity contribution in [2.45, 2.75) is 82.5 Å². The van der Waals surface area contributed by atoms with Crippen molar-refractivity contribution in [3.8, 4) is 0 Å². The van der Waals surface area contributed by atoms with Crippen LogP contribution >= 0.6 is 11.8 Å². The molecule has 40 heavy (non-hydrogen) atoms. The van der Waals surface area contributed by atoms with Crippen LogP contribution in [0.1, 0.15) is 71.4 Å². The number of methoxy groups -OCH3 is 1. The van der Waals surface area contributed by atoms with Crippen LogP contribution in [0, 0.1) is 17.8 Å². The Morgan fingerprint density at radius 3 is 2.17 bits per heavy atom. The zero-order chi connectivity index (χ0) is 30.3. The number of aliphatic carboxylic acids is 1. The average Bonchev–Trinajstić information content (AvgIpc) is 3.36.